The molecular weight excluding hydrogens is 342 g/mol. The van der Waals surface area contributed by atoms with Crippen molar-refractivity contribution in [3.8, 4) is 5.75 Å². The van der Waals surface area contributed by atoms with Crippen LogP contribution in [0.4, 0.5) is 0 Å². The van der Waals surface area contributed by atoms with Gasteiger partial charge in [-0.1, -0.05) is 50.2 Å². The molecule has 0 bridgehead atoms. The molecule has 1 N–H and O–H groups in total. The summed E-state index contributed by atoms with van der Waals surface area (Å²) in [6.07, 6.45) is 0.864. The van der Waals surface area contributed by atoms with Gasteiger partial charge in [0, 0.05) is 6.54 Å². The molecule has 5 nitrogen and oxygen atoms in total. The summed E-state index contributed by atoms with van der Waals surface area (Å²) in [5, 5.41) is 2.77. The smallest absolute Gasteiger partial charge is 0.310 e. The van der Waals surface area contributed by atoms with Gasteiger partial charge in [0.2, 0.25) is 0 Å². The molecule has 2 aromatic rings. The standard InChI is InChI=1S/C22H27NO4/c1-16(2)19-8-4-17(5-9-19)12-13-23-21(24)15-27-22(25)14-18-6-10-20(26-3)11-7-18/h4-11,16H,12-15H2,1-3H3,(H,23,24). The topological polar surface area (TPSA) is 64.6 Å². The molecule has 0 aromatic heterocycles. The first-order valence-corrected chi connectivity index (χ1v) is 9.12. The van der Waals surface area contributed by atoms with E-state index in [0.717, 1.165) is 23.3 Å². The number of carbonyl (C=O) groups excluding carboxylic acids is 2. The lowest BCUT2D eigenvalue weighted by Crippen LogP contribution is -2.30. The Hall–Kier alpha value is -2.82. The van der Waals surface area contributed by atoms with Crippen LogP contribution in [-0.4, -0.2) is 32.1 Å². The minimum Gasteiger partial charge on any atom is -0.497 e. The van der Waals surface area contributed by atoms with Crippen LogP contribution in [0.2, 0.25) is 0 Å². The lowest BCUT2D eigenvalue weighted by atomic mass is 10.0. The molecule has 0 spiro atoms. The van der Waals surface area contributed by atoms with E-state index in [1.165, 1.54) is 5.56 Å². The number of benzene rings is 2. The highest BCUT2D eigenvalue weighted by molar-refractivity contribution is 5.81. The zero-order valence-corrected chi connectivity index (χ0v) is 16.2. The highest BCUT2D eigenvalue weighted by atomic mass is 16.5. The van der Waals surface area contributed by atoms with Crippen LogP contribution < -0.4 is 10.1 Å². The molecule has 2 rings (SSSR count). The Labute approximate surface area is 160 Å². The van der Waals surface area contributed by atoms with E-state index in [-0.39, 0.29) is 18.9 Å². The van der Waals surface area contributed by atoms with E-state index in [2.05, 4.69) is 43.4 Å². The quantitative estimate of drug-likeness (QED) is 0.689. The van der Waals surface area contributed by atoms with Crippen molar-refractivity contribution >= 4 is 11.9 Å². The average molecular weight is 369 g/mol. The van der Waals surface area contributed by atoms with Crippen LogP contribution in [0.5, 0.6) is 5.75 Å². The fourth-order valence-corrected chi connectivity index (χ4v) is 2.57. The molecule has 27 heavy (non-hydrogen) atoms. The van der Waals surface area contributed by atoms with Gasteiger partial charge in [0.1, 0.15) is 5.75 Å². The van der Waals surface area contributed by atoms with Crippen LogP contribution in [0.3, 0.4) is 0 Å². The van der Waals surface area contributed by atoms with Crippen LogP contribution in [-0.2, 0) is 27.2 Å². The molecule has 0 heterocycles. The molecule has 0 aliphatic rings. The minimum absolute atomic E-state index is 0.124. The third-order valence-electron chi connectivity index (χ3n) is 4.25. The SMILES string of the molecule is COc1ccc(CC(=O)OCC(=O)NCCc2ccc(C(C)C)cc2)cc1. The Bertz CT molecular complexity index is 736. The van der Waals surface area contributed by atoms with Crippen molar-refractivity contribution in [1.82, 2.24) is 5.32 Å². The van der Waals surface area contributed by atoms with Crippen molar-refractivity contribution in [2.75, 3.05) is 20.3 Å². The number of esters is 1. The zero-order chi connectivity index (χ0) is 19.6. The Kier molecular flexibility index (Phi) is 7.86. The van der Waals surface area contributed by atoms with E-state index in [4.69, 9.17) is 9.47 Å². The molecular formula is C22H27NO4. The van der Waals surface area contributed by atoms with Gasteiger partial charge in [-0.25, -0.2) is 0 Å². The Morgan fingerprint density at radius 3 is 2.19 bits per heavy atom. The number of ether oxygens (including phenoxy) is 2. The van der Waals surface area contributed by atoms with Gasteiger partial charge in [-0.15, -0.1) is 0 Å². The van der Waals surface area contributed by atoms with Gasteiger partial charge in [-0.2, -0.15) is 0 Å². The van der Waals surface area contributed by atoms with E-state index in [1.807, 2.05) is 0 Å². The lowest BCUT2D eigenvalue weighted by molar-refractivity contribution is -0.147. The number of hydrogen-bond acceptors (Lipinski definition) is 4. The van der Waals surface area contributed by atoms with E-state index < -0.39 is 5.97 Å². The van der Waals surface area contributed by atoms with E-state index in [0.29, 0.717) is 12.5 Å². The predicted octanol–water partition coefficient (Wildman–Crippen LogP) is 3.26. The maximum absolute atomic E-state index is 11.8. The average Bonchev–Trinajstić information content (AvgIpc) is 2.67. The second kappa shape index (κ2) is 10.4. The molecule has 0 unspecified atom stereocenters. The maximum atomic E-state index is 11.8. The number of methoxy groups -OCH3 is 1. The molecule has 0 aliphatic carbocycles. The van der Waals surface area contributed by atoms with Gasteiger partial charge >= 0.3 is 5.97 Å². The Morgan fingerprint density at radius 1 is 0.963 bits per heavy atom. The van der Waals surface area contributed by atoms with Gasteiger partial charge in [-0.3, -0.25) is 9.59 Å². The fourth-order valence-electron chi connectivity index (χ4n) is 2.57. The van der Waals surface area contributed by atoms with Crippen LogP contribution in [0, 0.1) is 0 Å². The third-order valence-corrected chi connectivity index (χ3v) is 4.25. The van der Waals surface area contributed by atoms with Gasteiger partial charge in [-0.05, 0) is 41.2 Å². The summed E-state index contributed by atoms with van der Waals surface area (Å²) in [7, 11) is 1.59. The predicted molar refractivity (Wildman–Crippen MR) is 105 cm³/mol. The molecule has 2 aromatic carbocycles. The molecule has 5 heteroatoms. The molecule has 0 saturated heterocycles. The summed E-state index contributed by atoms with van der Waals surface area (Å²) in [4.78, 5) is 23.6. The molecule has 0 aliphatic heterocycles. The minimum atomic E-state index is -0.431. The Morgan fingerprint density at radius 2 is 1.59 bits per heavy atom. The number of amides is 1. The highest BCUT2D eigenvalue weighted by Gasteiger charge is 2.09. The van der Waals surface area contributed by atoms with Crippen LogP contribution in [0.25, 0.3) is 0 Å². The number of nitrogens with one attached hydrogen (secondary N) is 1. The third kappa shape index (κ3) is 7.13. The molecule has 0 fully saturated rings. The summed E-state index contributed by atoms with van der Waals surface area (Å²) in [5.41, 5.74) is 3.27. The second-order valence-corrected chi connectivity index (χ2v) is 6.68. The number of rotatable bonds is 9. The van der Waals surface area contributed by atoms with Crippen LogP contribution in [0.1, 0.15) is 36.5 Å². The van der Waals surface area contributed by atoms with Crippen molar-refractivity contribution < 1.29 is 19.1 Å². The molecule has 0 radical (unpaired) electrons. The summed E-state index contributed by atoms with van der Waals surface area (Å²) in [6.45, 7) is 4.56. The first-order valence-electron chi connectivity index (χ1n) is 9.12. The number of hydrogen-bond donors (Lipinski definition) is 1. The van der Waals surface area contributed by atoms with Crippen molar-refractivity contribution in [1.29, 1.82) is 0 Å². The van der Waals surface area contributed by atoms with Gasteiger partial charge in [0.15, 0.2) is 6.61 Å². The van der Waals surface area contributed by atoms with Gasteiger partial charge in [0.25, 0.3) is 5.91 Å². The summed E-state index contributed by atoms with van der Waals surface area (Å²) >= 11 is 0. The molecule has 1 amide bonds. The lowest BCUT2D eigenvalue weighted by Gasteiger charge is -2.09. The summed E-state index contributed by atoms with van der Waals surface area (Å²) in [5.74, 6) is 0.508. The van der Waals surface area contributed by atoms with Crippen LogP contribution >= 0.6 is 0 Å². The first-order chi connectivity index (χ1) is 13.0. The van der Waals surface area contributed by atoms with E-state index in [1.54, 1.807) is 31.4 Å². The molecule has 0 saturated carbocycles. The summed E-state index contributed by atoms with van der Waals surface area (Å²) in [6, 6.07) is 15.5. The van der Waals surface area contributed by atoms with E-state index >= 15 is 0 Å². The normalized spacial score (nSPS) is 10.5. The van der Waals surface area contributed by atoms with E-state index in [9.17, 15) is 9.59 Å². The fraction of sp³-hybridized carbons (Fsp3) is 0.364. The van der Waals surface area contributed by atoms with Crippen molar-refractivity contribution in [3.63, 3.8) is 0 Å². The zero-order valence-electron chi connectivity index (χ0n) is 16.2. The monoisotopic (exact) mass is 369 g/mol. The molecule has 0 atom stereocenters. The van der Waals surface area contributed by atoms with Crippen molar-refractivity contribution in [2.45, 2.75) is 32.6 Å². The summed E-state index contributed by atoms with van der Waals surface area (Å²) < 4.78 is 10.1. The van der Waals surface area contributed by atoms with Gasteiger partial charge < -0.3 is 14.8 Å². The van der Waals surface area contributed by atoms with Crippen LogP contribution in [0.15, 0.2) is 48.5 Å². The first kappa shape index (κ1) is 20.5. The maximum Gasteiger partial charge on any atom is 0.310 e. The molecule has 144 valence electrons. The van der Waals surface area contributed by atoms with Crippen molar-refractivity contribution in [2.24, 2.45) is 0 Å². The van der Waals surface area contributed by atoms with Crippen molar-refractivity contribution in [3.05, 3.63) is 65.2 Å². The Balaban J connectivity index is 1.65. The second-order valence-electron chi connectivity index (χ2n) is 6.68. The largest absolute Gasteiger partial charge is 0.497 e. The highest BCUT2D eigenvalue weighted by Crippen LogP contribution is 2.15. The van der Waals surface area contributed by atoms with Gasteiger partial charge in [0.05, 0.1) is 13.5 Å². The number of carbonyl (C=O) groups is 2.